The Morgan fingerprint density at radius 1 is 0.966 bits per heavy atom. The predicted molar refractivity (Wildman–Crippen MR) is 116 cm³/mol. The fraction of sp³-hybridized carbons (Fsp3) is 0.391. The van der Waals surface area contributed by atoms with E-state index >= 15 is 0 Å². The summed E-state index contributed by atoms with van der Waals surface area (Å²) in [6.45, 7) is 8.15. The average Bonchev–Trinajstić information content (AvgIpc) is 2.78. The van der Waals surface area contributed by atoms with E-state index in [1.807, 2.05) is 57.2 Å². The number of benzene rings is 2. The molecular weight excluding hydrogens is 368 g/mol. The van der Waals surface area contributed by atoms with Crippen LogP contribution in [0.4, 0.5) is 10.5 Å². The molecule has 2 aromatic rings. The molecule has 1 unspecified atom stereocenters. The van der Waals surface area contributed by atoms with Crippen molar-refractivity contribution in [1.29, 1.82) is 0 Å². The van der Waals surface area contributed by atoms with Gasteiger partial charge in [-0.05, 0) is 41.8 Å². The lowest BCUT2D eigenvalue weighted by atomic mass is 10.1. The van der Waals surface area contributed by atoms with Gasteiger partial charge in [0.25, 0.3) is 0 Å². The molecule has 2 aromatic carbocycles. The third-order valence-corrected chi connectivity index (χ3v) is 4.09. The third kappa shape index (κ3) is 8.25. The maximum absolute atomic E-state index is 12.1. The Hall–Kier alpha value is -3.02. The monoisotopic (exact) mass is 400 g/mol. The first-order valence-corrected chi connectivity index (χ1v) is 10.0. The van der Waals surface area contributed by atoms with Gasteiger partial charge >= 0.3 is 12.0 Å². The summed E-state index contributed by atoms with van der Waals surface area (Å²) < 4.78 is 10.5. The molecular formula is C23H32N2O4. The van der Waals surface area contributed by atoms with Crippen molar-refractivity contribution in [2.75, 3.05) is 12.4 Å². The van der Waals surface area contributed by atoms with Gasteiger partial charge in [-0.1, -0.05) is 52.0 Å². The molecule has 0 fully saturated rings. The summed E-state index contributed by atoms with van der Waals surface area (Å²) in [7, 11) is 1.61. The molecule has 0 radical (unpaired) electrons. The normalized spacial score (nSPS) is 10.8. The molecule has 1 atom stereocenters. The molecule has 2 N–H and O–H groups in total. The first kappa shape index (κ1) is 24.0. The van der Waals surface area contributed by atoms with E-state index in [1.54, 1.807) is 26.2 Å². The molecule has 0 bridgehead atoms. The van der Waals surface area contributed by atoms with E-state index in [2.05, 4.69) is 10.6 Å². The van der Waals surface area contributed by atoms with Crippen molar-refractivity contribution in [3.63, 3.8) is 0 Å². The van der Waals surface area contributed by atoms with Gasteiger partial charge in [-0.15, -0.1) is 0 Å². The lowest BCUT2D eigenvalue weighted by Crippen LogP contribution is -2.28. The van der Waals surface area contributed by atoms with Crippen LogP contribution < -0.4 is 15.4 Å². The first-order valence-electron chi connectivity index (χ1n) is 10.0. The molecule has 0 saturated carbocycles. The molecule has 0 heterocycles. The zero-order valence-corrected chi connectivity index (χ0v) is 18.0. The van der Waals surface area contributed by atoms with Gasteiger partial charge in [0.2, 0.25) is 0 Å². The predicted octanol–water partition coefficient (Wildman–Crippen LogP) is 5.45. The maximum atomic E-state index is 12.1. The number of carbonyl (C=O) groups is 2. The van der Waals surface area contributed by atoms with Crippen molar-refractivity contribution in [3.05, 3.63) is 59.7 Å². The highest BCUT2D eigenvalue weighted by Gasteiger charge is 2.13. The molecule has 29 heavy (non-hydrogen) atoms. The van der Waals surface area contributed by atoms with Crippen LogP contribution in [0, 0.1) is 0 Å². The SMILES string of the molecule is CC.CCC(=O)OC(CC)c1ccc(NC(=O)NCc2ccc(OC)cc2)cc1. The molecule has 2 rings (SSSR count). The summed E-state index contributed by atoms with van der Waals surface area (Å²) in [4.78, 5) is 23.5. The summed E-state index contributed by atoms with van der Waals surface area (Å²) in [6, 6.07) is 14.5. The van der Waals surface area contributed by atoms with E-state index in [-0.39, 0.29) is 18.1 Å². The van der Waals surface area contributed by atoms with Crippen molar-refractivity contribution in [2.24, 2.45) is 0 Å². The van der Waals surface area contributed by atoms with E-state index in [1.165, 1.54) is 0 Å². The van der Waals surface area contributed by atoms with E-state index in [0.717, 1.165) is 16.9 Å². The highest BCUT2D eigenvalue weighted by atomic mass is 16.5. The highest BCUT2D eigenvalue weighted by molar-refractivity contribution is 5.89. The standard InChI is InChI=1S/C21H26N2O4.C2H6/c1-4-19(27-20(24)5-2)16-8-10-17(11-9-16)23-21(25)22-14-15-6-12-18(26-3)13-7-15;1-2/h6-13,19H,4-5,14H2,1-3H3,(H2,22,23,25);1-2H3. The number of anilines is 1. The van der Waals surface area contributed by atoms with Crippen LogP contribution in [0.1, 0.15) is 57.8 Å². The first-order chi connectivity index (χ1) is 14.0. The van der Waals surface area contributed by atoms with Crippen LogP contribution in [-0.4, -0.2) is 19.1 Å². The fourth-order valence-corrected chi connectivity index (χ4v) is 2.51. The number of rotatable bonds is 8. The zero-order chi connectivity index (χ0) is 21.6. The van der Waals surface area contributed by atoms with Gasteiger partial charge in [-0.25, -0.2) is 4.79 Å². The minimum Gasteiger partial charge on any atom is -0.497 e. The van der Waals surface area contributed by atoms with E-state index < -0.39 is 0 Å². The van der Waals surface area contributed by atoms with Crippen LogP contribution >= 0.6 is 0 Å². The fourth-order valence-electron chi connectivity index (χ4n) is 2.51. The Labute approximate surface area is 173 Å². The van der Waals surface area contributed by atoms with Crippen molar-refractivity contribution < 1.29 is 19.1 Å². The molecule has 2 amide bonds. The van der Waals surface area contributed by atoms with Crippen LogP contribution in [0.15, 0.2) is 48.5 Å². The molecule has 0 aliphatic rings. The van der Waals surface area contributed by atoms with Crippen molar-refractivity contribution in [1.82, 2.24) is 5.32 Å². The minimum absolute atomic E-state index is 0.220. The molecule has 0 saturated heterocycles. The number of amides is 2. The minimum atomic E-state index is -0.289. The smallest absolute Gasteiger partial charge is 0.319 e. The topological polar surface area (TPSA) is 76.7 Å². The Balaban J connectivity index is 0.00000204. The van der Waals surface area contributed by atoms with Gasteiger partial charge in [0.1, 0.15) is 11.9 Å². The van der Waals surface area contributed by atoms with Crippen LogP contribution in [-0.2, 0) is 16.1 Å². The van der Waals surface area contributed by atoms with Gasteiger partial charge in [-0.2, -0.15) is 0 Å². The van der Waals surface area contributed by atoms with Gasteiger partial charge in [-0.3, -0.25) is 4.79 Å². The number of ether oxygens (including phenoxy) is 2. The molecule has 0 aromatic heterocycles. The summed E-state index contributed by atoms with van der Waals surface area (Å²) in [6.07, 6.45) is 0.779. The Morgan fingerprint density at radius 3 is 2.10 bits per heavy atom. The Bertz CT molecular complexity index is 742. The van der Waals surface area contributed by atoms with Crippen molar-refractivity contribution in [2.45, 2.75) is 53.2 Å². The third-order valence-electron chi connectivity index (χ3n) is 4.09. The zero-order valence-electron chi connectivity index (χ0n) is 18.0. The van der Waals surface area contributed by atoms with Crippen LogP contribution in [0.5, 0.6) is 5.75 Å². The average molecular weight is 401 g/mol. The number of esters is 1. The lowest BCUT2D eigenvalue weighted by Gasteiger charge is -2.16. The molecule has 6 heteroatoms. The van der Waals surface area contributed by atoms with Crippen molar-refractivity contribution in [3.8, 4) is 5.75 Å². The second kappa shape index (κ2) is 13.2. The number of hydrogen-bond acceptors (Lipinski definition) is 4. The Morgan fingerprint density at radius 2 is 1.59 bits per heavy atom. The second-order valence-electron chi connectivity index (χ2n) is 6.02. The number of carbonyl (C=O) groups excluding carboxylic acids is 2. The van der Waals surface area contributed by atoms with Crippen LogP contribution in [0.3, 0.4) is 0 Å². The number of methoxy groups -OCH3 is 1. The van der Waals surface area contributed by atoms with E-state index in [4.69, 9.17) is 9.47 Å². The van der Waals surface area contributed by atoms with Crippen molar-refractivity contribution >= 4 is 17.7 Å². The van der Waals surface area contributed by atoms with Gasteiger partial charge in [0.15, 0.2) is 0 Å². The maximum Gasteiger partial charge on any atom is 0.319 e. The largest absolute Gasteiger partial charge is 0.497 e. The van der Waals surface area contributed by atoms with Gasteiger partial charge < -0.3 is 20.1 Å². The number of hydrogen-bond donors (Lipinski definition) is 2. The lowest BCUT2D eigenvalue weighted by molar-refractivity contribution is -0.149. The Kier molecular flexibility index (Phi) is 10.9. The molecule has 158 valence electrons. The number of urea groups is 1. The summed E-state index contributed by atoms with van der Waals surface area (Å²) in [5.41, 5.74) is 2.55. The van der Waals surface area contributed by atoms with Gasteiger partial charge in [0, 0.05) is 18.7 Å². The molecule has 6 nitrogen and oxygen atoms in total. The quantitative estimate of drug-likeness (QED) is 0.578. The van der Waals surface area contributed by atoms with E-state index in [9.17, 15) is 9.59 Å². The summed E-state index contributed by atoms with van der Waals surface area (Å²) >= 11 is 0. The second-order valence-corrected chi connectivity index (χ2v) is 6.02. The molecule has 0 aliphatic carbocycles. The molecule has 0 spiro atoms. The van der Waals surface area contributed by atoms with E-state index in [0.29, 0.717) is 25.1 Å². The number of nitrogens with one attached hydrogen (secondary N) is 2. The summed E-state index contributed by atoms with van der Waals surface area (Å²) in [5.74, 6) is 0.556. The molecule has 0 aliphatic heterocycles. The highest BCUT2D eigenvalue weighted by Crippen LogP contribution is 2.23. The van der Waals surface area contributed by atoms with Crippen LogP contribution in [0.25, 0.3) is 0 Å². The van der Waals surface area contributed by atoms with Gasteiger partial charge in [0.05, 0.1) is 7.11 Å². The summed E-state index contributed by atoms with van der Waals surface area (Å²) in [5, 5.41) is 5.60. The van der Waals surface area contributed by atoms with Crippen LogP contribution in [0.2, 0.25) is 0 Å².